The zero-order chi connectivity index (χ0) is 24.4. The van der Waals surface area contributed by atoms with Crippen LogP contribution in [-0.4, -0.2) is 62.9 Å². The Morgan fingerprint density at radius 1 is 1.25 bits per heavy atom. The molecule has 1 aliphatic heterocycles. The van der Waals surface area contributed by atoms with Gasteiger partial charge in [-0.2, -0.15) is 5.10 Å². The van der Waals surface area contributed by atoms with Gasteiger partial charge in [0.15, 0.2) is 0 Å². The van der Waals surface area contributed by atoms with Crippen molar-refractivity contribution in [2.75, 3.05) is 26.8 Å². The number of H-pyrrole nitrogens is 1. The van der Waals surface area contributed by atoms with Crippen LogP contribution in [0.15, 0.2) is 42.6 Å². The number of aromatic amines is 1. The van der Waals surface area contributed by atoms with Crippen molar-refractivity contribution in [1.29, 1.82) is 0 Å². The van der Waals surface area contributed by atoms with E-state index < -0.39 is 6.61 Å². The highest BCUT2D eigenvalue weighted by molar-refractivity contribution is 5.93. The molecule has 0 unspecified atom stereocenters. The number of rotatable bonds is 5. The van der Waals surface area contributed by atoms with Gasteiger partial charge in [0, 0.05) is 47.6 Å². The van der Waals surface area contributed by atoms with E-state index in [1.54, 1.807) is 12.0 Å². The summed E-state index contributed by atoms with van der Waals surface area (Å²) in [5.41, 5.74) is 8.91. The molecule has 182 valence electrons. The molecule has 4 heterocycles. The van der Waals surface area contributed by atoms with Gasteiger partial charge in [-0.05, 0) is 54.9 Å². The predicted octanol–water partition coefficient (Wildman–Crippen LogP) is 3.28. The van der Waals surface area contributed by atoms with E-state index in [4.69, 9.17) is 14.7 Å². The Balaban J connectivity index is 1.25. The Hall–Kier alpha value is -3.78. The summed E-state index contributed by atoms with van der Waals surface area (Å²) < 4.78 is 5.74. The minimum Gasteiger partial charge on any atom is -0.494 e. The predicted molar refractivity (Wildman–Crippen MR) is 135 cm³/mol. The largest absolute Gasteiger partial charge is 0.494 e. The van der Waals surface area contributed by atoms with Gasteiger partial charge < -0.3 is 14.7 Å². The second kappa shape index (κ2) is 7.86. The average Bonchev–Trinajstić information content (AvgIpc) is 3.31. The zero-order valence-corrected chi connectivity index (χ0v) is 20.1. The summed E-state index contributed by atoms with van der Waals surface area (Å²) in [7, 11) is 1.68. The molecule has 2 atom stereocenters. The molecule has 8 nitrogen and oxygen atoms in total. The molecule has 7 rings (SSSR count). The number of carbonyl (C=O) groups excluding carboxylic acids is 1. The maximum absolute atomic E-state index is 12.0. The Labute approximate surface area is 208 Å². The molecule has 0 radical (unpaired) electrons. The van der Waals surface area contributed by atoms with Gasteiger partial charge in [0.1, 0.15) is 29.3 Å². The molecular formula is C28H27N5O3. The van der Waals surface area contributed by atoms with Crippen molar-refractivity contribution in [3.05, 3.63) is 59.4 Å². The molecule has 0 spiro atoms. The molecule has 1 saturated heterocycles. The van der Waals surface area contributed by atoms with Crippen LogP contribution in [0.3, 0.4) is 0 Å². The molecule has 2 aliphatic carbocycles. The first-order chi connectivity index (χ1) is 17.6. The first-order valence-corrected chi connectivity index (χ1v) is 12.5. The number of nitrogens with zero attached hydrogens (tertiary/aromatic N) is 4. The van der Waals surface area contributed by atoms with E-state index >= 15 is 0 Å². The van der Waals surface area contributed by atoms with Crippen LogP contribution >= 0.6 is 0 Å². The highest BCUT2D eigenvalue weighted by Gasteiger charge is 2.62. The first kappa shape index (κ1) is 21.5. The van der Waals surface area contributed by atoms with Crippen molar-refractivity contribution in [2.45, 2.75) is 31.1 Å². The van der Waals surface area contributed by atoms with Crippen molar-refractivity contribution in [2.24, 2.45) is 5.92 Å². The molecule has 3 aromatic heterocycles. The maximum atomic E-state index is 12.0. The molecule has 1 amide bonds. The summed E-state index contributed by atoms with van der Waals surface area (Å²) in [6.07, 6.45) is 6.22. The lowest BCUT2D eigenvalue weighted by molar-refractivity contribution is -0.133. The lowest BCUT2D eigenvalue weighted by Crippen LogP contribution is -2.34. The summed E-state index contributed by atoms with van der Waals surface area (Å²) in [6, 6.07) is 12.5. The Morgan fingerprint density at radius 3 is 2.97 bits per heavy atom. The normalized spacial score (nSPS) is 22.1. The van der Waals surface area contributed by atoms with Crippen molar-refractivity contribution in [3.8, 4) is 28.3 Å². The standard InChI is InChI=1S/C28H27N5O3/c1-36-22-10-21-27(30-26(22)20-7-3-5-16-4-2-6-19(16)20)25(32-31-21)17-8-9-23(29-12-17)28-11-18(28)13-33(15-28)24(35)14-34/h3,5,7-10,12,18,34H,2,4,6,11,13-15H2,1H3,(H,31,32)/t18-,28-/m1/s1. The fraction of sp³-hybridized carbons (Fsp3) is 0.357. The van der Waals surface area contributed by atoms with Crippen molar-refractivity contribution in [1.82, 2.24) is 25.1 Å². The third-order valence-electron chi connectivity index (χ3n) is 8.30. The van der Waals surface area contributed by atoms with Crippen LogP contribution < -0.4 is 4.74 Å². The van der Waals surface area contributed by atoms with Gasteiger partial charge >= 0.3 is 0 Å². The fourth-order valence-corrected chi connectivity index (χ4v) is 6.32. The molecule has 8 heteroatoms. The molecule has 2 fully saturated rings. The molecular weight excluding hydrogens is 454 g/mol. The number of aliphatic hydroxyl groups is 1. The van der Waals surface area contributed by atoms with Crippen molar-refractivity contribution >= 4 is 16.9 Å². The monoisotopic (exact) mass is 481 g/mol. The van der Waals surface area contributed by atoms with E-state index in [1.807, 2.05) is 18.3 Å². The number of benzene rings is 1. The van der Waals surface area contributed by atoms with Crippen molar-refractivity contribution < 1.29 is 14.6 Å². The molecule has 36 heavy (non-hydrogen) atoms. The highest BCUT2D eigenvalue weighted by atomic mass is 16.5. The Kier molecular flexibility index (Phi) is 4.70. The van der Waals surface area contributed by atoms with E-state index in [1.165, 1.54) is 17.5 Å². The Morgan fingerprint density at radius 2 is 2.17 bits per heavy atom. The Bertz CT molecular complexity index is 1510. The van der Waals surface area contributed by atoms with Crippen LogP contribution in [0.5, 0.6) is 5.75 Å². The van der Waals surface area contributed by atoms with Gasteiger partial charge in [-0.1, -0.05) is 18.2 Å². The van der Waals surface area contributed by atoms with Gasteiger partial charge in [0.25, 0.3) is 0 Å². The SMILES string of the molecule is COc1cc2[nH]nc(-c3ccc([C@@]45C[C@@H]4CN(C(=O)CO)C5)nc3)c2nc1-c1cccc2c1CCC2. The smallest absolute Gasteiger partial charge is 0.248 e. The minimum atomic E-state index is -0.438. The summed E-state index contributed by atoms with van der Waals surface area (Å²) >= 11 is 0. The number of aromatic nitrogens is 4. The van der Waals surface area contributed by atoms with Gasteiger partial charge in [0.05, 0.1) is 12.6 Å². The van der Waals surface area contributed by atoms with Crippen LogP contribution in [0.25, 0.3) is 33.5 Å². The number of pyridine rings is 2. The van der Waals surface area contributed by atoms with Crippen molar-refractivity contribution in [3.63, 3.8) is 0 Å². The van der Waals surface area contributed by atoms with E-state index in [0.29, 0.717) is 19.0 Å². The molecule has 0 bridgehead atoms. The van der Waals surface area contributed by atoms with Crippen LogP contribution in [0, 0.1) is 5.92 Å². The number of likely N-dealkylation sites (tertiary alicyclic amines) is 1. The number of nitrogens with one attached hydrogen (secondary N) is 1. The number of aliphatic hydroxyl groups excluding tert-OH is 1. The summed E-state index contributed by atoms with van der Waals surface area (Å²) in [4.78, 5) is 23.6. The number of hydrogen-bond acceptors (Lipinski definition) is 6. The zero-order valence-electron chi connectivity index (χ0n) is 20.1. The number of amides is 1. The number of ether oxygens (including phenoxy) is 1. The number of methoxy groups -OCH3 is 1. The molecule has 2 N–H and O–H groups in total. The van der Waals surface area contributed by atoms with E-state index in [0.717, 1.165) is 64.3 Å². The topological polar surface area (TPSA) is 104 Å². The third-order valence-corrected chi connectivity index (χ3v) is 8.30. The number of carbonyl (C=O) groups is 1. The summed E-state index contributed by atoms with van der Waals surface area (Å²) in [6.45, 7) is 0.887. The molecule has 4 aromatic rings. The van der Waals surface area contributed by atoms with Gasteiger partial charge in [-0.15, -0.1) is 0 Å². The molecule has 1 aromatic carbocycles. The molecule has 1 saturated carbocycles. The second-order valence-electron chi connectivity index (χ2n) is 10.2. The average molecular weight is 482 g/mol. The highest BCUT2D eigenvalue weighted by Crippen LogP contribution is 2.58. The number of fused-ring (bicyclic) bond motifs is 3. The molecule has 3 aliphatic rings. The summed E-state index contributed by atoms with van der Waals surface area (Å²) in [5, 5.41) is 16.9. The quantitative estimate of drug-likeness (QED) is 0.453. The van der Waals surface area contributed by atoms with Crippen LogP contribution in [-0.2, 0) is 23.1 Å². The van der Waals surface area contributed by atoms with E-state index in [-0.39, 0.29) is 11.3 Å². The van der Waals surface area contributed by atoms with E-state index in [9.17, 15) is 9.90 Å². The lowest BCUT2D eigenvalue weighted by atomic mass is 9.99. The van der Waals surface area contributed by atoms with Crippen LogP contribution in [0.4, 0.5) is 0 Å². The minimum absolute atomic E-state index is 0.0799. The first-order valence-electron chi connectivity index (χ1n) is 12.5. The van der Waals surface area contributed by atoms with Gasteiger partial charge in [-0.3, -0.25) is 14.9 Å². The van der Waals surface area contributed by atoms with Crippen LogP contribution in [0.2, 0.25) is 0 Å². The number of aryl methyl sites for hydroxylation is 1. The maximum Gasteiger partial charge on any atom is 0.248 e. The van der Waals surface area contributed by atoms with E-state index in [2.05, 4.69) is 34.5 Å². The van der Waals surface area contributed by atoms with Gasteiger partial charge in [0.2, 0.25) is 5.91 Å². The fourth-order valence-electron chi connectivity index (χ4n) is 6.32. The van der Waals surface area contributed by atoms with Gasteiger partial charge in [-0.25, -0.2) is 4.98 Å². The second-order valence-corrected chi connectivity index (χ2v) is 10.2. The van der Waals surface area contributed by atoms with Crippen LogP contribution in [0.1, 0.15) is 29.7 Å². The third kappa shape index (κ3) is 3.10. The number of piperidine rings is 1. The number of hydrogen-bond donors (Lipinski definition) is 2. The summed E-state index contributed by atoms with van der Waals surface area (Å²) in [5.74, 6) is 0.943. The lowest BCUT2D eigenvalue weighted by Gasteiger charge is -2.20.